The summed E-state index contributed by atoms with van der Waals surface area (Å²) < 4.78 is 5.68. The van der Waals surface area contributed by atoms with Gasteiger partial charge < -0.3 is 9.32 Å². The quantitative estimate of drug-likeness (QED) is 0.844. The summed E-state index contributed by atoms with van der Waals surface area (Å²) in [5, 5.41) is 0. The van der Waals surface area contributed by atoms with Crippen LogP contribution in [0.15, 0.2) is 40.8 Å². The Morgan fingerprint density at radius 2 is 1.76 bits per heavy atom. The molecule has 2 heterocycles. The molecular formula is C20H24N2O2S. The van der Waals surface area contributed by atoms with Crippen LogP contribution in [0.3, 0.4) is 0 Å². The summed E-state index contributed by atoms with van der Waals surface area (Å²) in [4.78, 5) is 17.1. The van der Waals surface area contributed by atoms with Crippen molar-refractivity contribution in [2.24, 2.45) is 0 Å². The molecule has 2 aliphatic rings. The molecule has 25 heavy (non-hydrogen) atoms. The van der Waals surface area contributed by atoms with E-state index >= 15 is 0 Å². The Balaban J connectivity index is 1.33. The van der Waals surface area contributed by atoms with Crippen LogP contribution < -0.4 is 0 Å². The molecule has 1 aromatic carbocycles. The SMILES string of the molecule is CSCc1ccc(C(=O)N2CCN(C3Cc4ccccc4C3)CC2)o1. The van der Waals surface area contributed by atoms with Crippen molar-refractivity contribution in [1.29, 1.82) is 0 Å². The lowest BCUT2D eigenvalue weighted by atomic mass is 10.1. The minimum Gasteiger partial charge on any atom is -0.455 e. The van der Waals surface area contributed by atoms with E-state index < -0.39 is 0 Å². The number of nitrogens with zero attached hydrogens (tertiary/aromatic N) is 2. The third kappa shape index (κ3) is 3.48. The maximum Gasteiger partial charge on any atom is 0.289 e. The van der Waals surface area contributed by atoms with E-state index in [1.807, 2.05) is 23.3 Å². The van der Waals surface area contributed by atoms with Crippen LogP contribution in [0.2, 0.25) is 0 Å². The zero-order valence-corrected chi connectivity index (χ0v) is 15.4. The molecule has 1 aliphatic heterocycles. The molecule has 1 aliphatic carbocycles. The Morgan fingerprint density at radius 1 is 1.08 bits per heavy atom. The topological polar surface area (TPSA) is 36.7 Å². The molecule has 1 aromatic heterocycles. The van der Waals surface area contributed by atoms with Crippen molar-refractivity contribution in [1.82, 2.24) is 9.80 Å². The molecule has 0 saturated carbocycles. The fourth-order valence-electron chi connectivity index (χ4n) is 3.95. The number of furan rings is 1. The van der Waals surface area contributed by atoms with Gasteiger partial charge in [0.05, 0.1) is 5.75 Å². The van der Waals surface area contributed by atoms with Gasteiger partial charge in [-0.1, -0.05) is 24.3 Å². The first-order valence-corrected chi connectivity index (χ1v) is 10.3. The molecule has 0 radical (unpaired) electrons. The van der Waals surface area contributed by atoms with E-state index in [0.29, 0.717) is 11.8 Å². The molecule has 1 saturated heterocycles. The predicted molar refractivity (Wildman–Crippen MR) is 101 cm³/mol. The summed E-state index contributed by atoms with van der Waals surface area (Å²) in [7, 11) is 0. The summed E-state index contributed by atoms with van der Waals surface area (Å²) in [6, 6.07) is 13.1. The van der Waals surface area contributed by atoms with Gasteiger partial charge in [0.1, 0.15) is 5.76 Å². The number of benzene rings is 1. The van der Waals surface area contributed by atoms with Gasteiger partial charge in [0.15, 0.2) is 5.76 Å². The molecule has 5 heteroatoms. The van der Waals surface area contributed by atoms with Crippen LogP contribution in [0.5, 0.6) is 0 Å². The van der Waals surface area contributed by atoms with Gasteiger partial charge in [0.2, 0.25) is 0 Å². The normalized spacial score (nSPS) is 18.5. The van der Waals surface area contributed by atoms with Crippen molar-refractivity contribution < 1.29 is 9.21 Å². The summed E-state index contributed by atoms with van der Waals surface area (Å²) in [6.45, 7) is 3.46. The van der Waals surface area contributed by atoms with E-state index in [1.54, 1.807) is 11.8 Å². The summed E-state index contributed by atoms with van der Waals surface area (Å²) in [6.07, 6.45) is 4.31. The first-order chi connectivity index (χ1) is 12.2. The third-order valence-corrected chi connectivity index (χ3v) is 5.88. The molecule has 0 N–H and O–H groups in total. The second kappa shape index (κ2) is 7.26. The monoisotopic (exact) mass is 356 g/mol. The molecule has 0 atom stereocenters. The maximum atomic E-state index is 12.6. The van der Waals surface area contributed by atoms with Crippen LogP contribution in [0.25, 0.3) is 0 Å². The Labute approximate surface area is 153 Å². The molecule has 4 rings (SSSR count). The fourth-order valence-corrected chi connectivity index (χ4v) is 4.39. The van der Waals surface area contributed by atoms with Gasteiger partial charge in [0.25, 0.3) is 5.91 Å². The van der Waals surface area contributed by atoms with E-state index in [-0.39, 0.29) is 5.91 Å². The van der Waals surface area contributed by atoms with Gasteiger partial charge in [0, 0.05) is 32.2 Å². The lowest BCUT2D eigenvalue weighted by Gasteiger charge is -2.37. The van der Waals surface area contributed by atoms with E-state index in [9.17, 15) is 4.79 Å². The standard InChI is InChI=1S/C20H24N2O2S/c1-25-14-18-6-7-19(24-18)20(23)22-10-8-21(9-11-22)17-12-15-4-2-3-5-16(15)13-17/h2-7,17H,8-14H2,1H3. The lowest BCUT2D eigenvalue weighted by molar-refractivity contribution is 0.0546. The number of carbonyl (C=O) groups is 1. The number of hydrogen-bond acceptors (Lipinski definition) is 4. The van der Waals surface area contributed by atoms with Crippen molar-refractivity contribution in [3.8, 4) is 0 Å². The number of hydrogen-bond donors (Lipinski definition) is 0. The van der Waals surface area contributed by atoms with Gasteiger partial charge in [-0.05, 0) is 42.4 Å². The van der Waals surface area contributed by atoms with Gasteiger partial charge >= 0.3 is 0 Å². The molecule has 132 valence electrons. The summed E-state index contributed by atoms with van der Waals surface area (Å²) >= 11 is 1.70. The highest BCUT2D eigenvalue weighted by molar-refractivity contribution is 7.97. The molecule has 4 nitrogen and oxygen atoms in total. The Hall–Kier alpha value is -1.72. The second-order valence-corrected chi connectivity index (χ2v) is 7.72. The molecule has 1 amide bonds. The number of piperazine rings is 1. The highest BCUT2D eigenvalue weighted by Gasteiger charge is 2.31. The molecule has 2 aromatic rings. The fraction of sp³-hybridized carbons (Fsp3) is 0.450. The Kier molecular flexibility index (Phi) is 4.86. The first-order valence-electron chi connectivity index (χ1n) is 8.92. The van der Waals surface area contributed by atoms with Crippen molar-refractivity contribution in [2.45, 2.75) is 24.6 Å². The molecule has 1 fully saturated rings. The third-order valence-electron chi connectivity index (χ3n) is 5.31. The van der Waals surface area contributed by atoms with Crippen molar-refractivity contribution in [3.05, 3.63) is 59.0 Å². The van der Waals surface area contributed by atoms with Gasteiger partial charge in [-0.2, -0.15) is 11.8 Å². The number of carbonyl (C=O) groups excluding carboxylic acids is 1. The Bertz CT molecular complexity index is 725. The number of amides is 1. The van der Waals surface area contributed by atoms with Gasteiger partial charge in [-0.3, -0.25) is 9.69 Å². The first kappa shape index (κ1) is 16.7. The molecule has 0 bridgehead atoms. The van der Waals surface area contributed by atoms with Gasteiger partial charge in [-0.15, -0.1) is 0 Å². The average molecular weight is 356 g/mol. The van der Waals surface area contributed by atoms with Crippen molar-refractivity contribution >= 4 is 17.7 Å². The van der Waals surface area contributed by atoms with Crippen LogP contribution in [0.1, 0.15) is 27.4 Å². The highest BCUT2D eigenvalue weighted by atomic mass is 32.2. The van der Waals surface area contributed by atoms with Crippen LogP contribution >= 0.6 is 11.8 Å². The summed E-state index contributed by atoms with van der Waals surface area (Å²) in [5.74, 6) is 2.19. The second-order valence-electron chi connectivity index (χ2n) is 6.86. The van der Waals surface area contributed by atoms with Crippen molar-refractivity contribution in [3.63, 3.8) is 0 Å². The van der Waals surface area contributed by atoms with Crippen molar-refractivity contribution in [2.75, 3.05) is 32.4 Å². The number of fused-ring (bicyclic) bond motifs is 1. The van der Waals surface area contributed by atoms with Gasteiger partial charge in [-0.25, -0.2) is 0 Å². The largest absolute Gasteiger partial charge is 0.455 e. The lowest BCUT2D eigenvalue weighted by Crippen LogP contribution is -2.52. The maximum absolute atomic E-state index is 12.6. The van der Waals surface area contributed by atoms with E-state index in [4.69, 9.17) is 4.42 Å². The smallest absolute Gasteiger partial charge is 0.289 e. The van der Waals surface area contributed by atoms with Crippen LogP contribution in [0, 0.1) is 0 Å². The average Bonchev–Trinajstić information content (AvgIpc) is 3.28. The molecule has 0 unspecified atom stereocenters. The number of thioether (sulfide) groups is 1. The molecular weight excluding hydrogens is 332 g/mol. The summed E-state index contributed by atoms with van der Waals surface area (Å²) in [5.41, 5.74) is 2.98. The van der Waals surface area contributed by atoms with E-state index in [1.165, 1.54) is 11.1 Å². The van der Waals surface area contributed by atoms with Crippen LogP contribution in [-0.2, 0) is 18.6 Å². The minimum absolute atomic E-state index is 0.0294. The zero-order valence-electron chi connectivity index (χ0n) is 14.6. The highest BCUT2D eigenvalue weighted by Crippen LogP contribution is 2.26. The number of rotatable bonds is 4. The zero-order chi connectivity index (χ0) is 17.2. The van der Waals surface area contributed by atoms with E-state index in [0.717, 1.165) is 50.5 Å². The predicted octanol–water partition coefficient (Wildman–Crippen LogP) is 3.07. The van der Waals surface area contributed by atoms with Crippen LogP contribution in [0.4, 0.5) is 0 Å². The van der Waals surface area contributed by atoms with Crippen LogP contribution in [-0.4, -0.2) is 54.2 Å². The van der Waals surface area contributed by atoms with E-state index in [2.05, 4.69) is 29.2 Å². The molecule has 0 spiro atoms. The minimum atomic E-state index is 0.0294. The Morgan fingerprint density at radius 3 is 2.40 bits per heavy atom.